The van der Waals surface area contributed by atoms with Gasteiger partial charge in [0.2, 0.25) is 0 Å². The van der Waals surface area contributed by atoms with Crippen molar-refractivity contribution in [3.8, 4) is 0 Å². The highest BCUT2D eigenvalue weighted by Gasteiger charge is 2.13. The number of Topliss-reactive ketones (excluding diaryl/α,β-unsaturated/α-hetero) is 1. The molecule has 0 aromatic carbocycles. The molecule has 0 saturated heterocycles. The SMILES string of the molecule is CCC(C=O)C(=O)CCCO. The molecule has 64 valence electrons. The zero-order valence-electron chi connectivity index (χ0n) is 6.75. The Morgan fingerprint density at radius 2 is 2.27 bits per heavy atom. The molecule has 3 nitrogen and oxygen atoms in total. The first-order chi connectivity index (χ1) is 5.26. The van der Waals surface area contributed by atoms with Gasteiger partial charge in [-0.15, -0.1) is 0 Å². The summed E-state index contributed by atoms with van der Waals surface area (Å²) in [5.41, 5.74) is 0. The molecule has 0 rings (SSSR count). The molecule has 0 aromatic heterocycles. The van der Waals surface area contributed by atoms with Crippen LogP contribution in [-0.4, -0.2) is 23.8 Å². The molecule has 0 bridgehead atoms. The molecule has 1 unspecified atom stereocenters. The van der Waals surface area contributed by atoms with E-state index in [1.165, 1.54) is 0 Å². The fourth-order valence-corrected chi connectivity index (χ4v) is 0.838. The van der Waals surface area contributed by atoms with Crippen molar-refractivity contribution in [1.82, 2.24) is 0 Å². The highest BCUT2D eigenvalue weighted by atomic mass is 16.3. The highest BCUT2D eigenvalue weighted by Crippen LogP contribution is 2.04. The molecule has 0 saturated carbocycles. The van der Waals surface area contributed by atoms with Crippen LogP contribution in [0.5, 0.6) is 0 Å². The lowest BCUT2D eigenvalue weighted by Crippen LogP contribution is -2.14. The van der Waals surface area contributed by atoms with E-state index in [1.807, 2.05) is 0 Å². The molecule has 0 aliphatic carbocycles. The summed E-state index contributed by atoms with van der Waals surface area (Å²) in [6.45, 7) is 1.82. The fraction of sp³-hybridized carbons (Fsp3) is 0.750. The summed E-state index contributed by atoms with van der Waals surface area (Å²) in [6.07, 6.45) is 2.02. The molecule has 0 amide bonds. The van der Waals surface area contributed by atoms with Gasteiger partial charge in [-0.2, -0.15) is 0 Å². The Balaban J connectivity index is 3.69. The number of hydrogen-bond acceptors (Lipinski definition) is 3. The van der Waals surface area contributed by atoms with Crippen LogP contribution in [0.1, 0.15) is 26.2 Å². The van der Waals surface area contributed by atoms with E-state index in [0.717, 1.165) is 0 Å². The van der Waals surface area contributed by atoms with Crippen LogP contribution in [0.2, 0.25) is 0 Å². The largest absolute Gasteiger partial charge is 0.396 e. The van der Waals surface area contributed by atoms with Crippen molar-refractivity contribution in [3.63, 3.8) is 0 Å². The summed E-state index contributed by atoms with van der Waals surface area (Å²) in [5.74, 6) is -0.516. The minimum absolute atomic E-state index is 0.0149. The number of hydrogen-bond donors (Lipinski definition) is 1. The average molecular weight is 158 g/mol. The molecule has 0 aliphatic heterocycles. The van der Waals surface area contributed by atoms with E-state index >= 15 is 0 Å². The maximum absolute atomic E-state index is 11.0. The molecule has 0 spiro atoms. The molecular weight excluding hydrogens is 144 g/mol. The summed E-state index contributed by atoms with van der Waals surface area (Å²) < 4.78 is 0. The van der Waals surface area contributed by atoms with E-state index in [-0.39, 0.29) is 12.4 Å². The second kappa shape index (κ2) is 6.04. The average Bonchev–Trinajstić information content (AvgIpc) is 2.03. The van der Waals surface area contributed by atoms with Gasteiger partial charge in [0.15, 0.2) is 0 Å². The molecule has 1 atom stereocenters. The lowest BCUT2D eigenvalue weighted by molar-refractivity contribution is -0.127. The van der Waals surface area contributed by atoms with Crippen LogP contribution in [0.15, 0.2) is 0 Å². The zero-order valence-corrected chi connectivity index (χ0v) is 6.75. The number of carbonyl (C=O) groups is 2. The van der Waals surface area contributed by atoms with Crippen LogP contribution in [0, 0.1) is 5.92 Å². The molecule has 0 aliphatic rings. The predicted octanol–water partition coefficient (Wildman–Crippen LogP) is 0.553. The summed E-state index contributed by atoms with van der Waals surface area (Å²) >= 11 is 0. The number of aldehydes is 1. The van der Waals surface area contributed by atoms with Crippen molar-refractivity contribution < 1.29 is 14.7 Å². The van der Waals surface area contributed by atoms with Crippen LogP contribution in [-0.2, 0) is 9.59 Å². The van der Waals surface area contributed by atoms with E-state index < -0.39 is 5.92 Å². The lowest BCUT2D eigenvalue weighted by atomic mass is 10.00. The van der Waals surface area contributed by atoms with Crippen LogP contribution in [0.3, 0.4) is 0 Å². The zero-order chi connectivity index (χ0) is 8.69. The van der Waals surface area contributed by atoms with Crippen LogP contribution >= 0.6 is 0 Å². The molecule has 1 N–H and O–H groups in total. The Morgan fingerprint density at radius 3 is 2.64 bits per heavy atom. The highest BCUT2D eigenvalue weighted by molar-refractivity contribution is 5.93. The Hall–Kier alpha value is -0.700. The number of aliphatic hydroxyl groups is 1. The van der Waals surface area contributed by atoms with Crippen LogP contribution in [0.25, 0.3) is 0 Å². The van der Waals surface area contributed by atoms with Crippen molar-refractivity contribution in [2.45, 2.75) is 26.2 Å². The Morgan fingerprint density at radius 1 is 1.64 bits per heavy atom. The van der Waals surface area contributed by atoms with Gasteiger partial charge < -0.3 is 9.90 Å². The summed E-state index contributed by atoms with van der Waals surface area (Å²) in [6, 6.07) is 0. The quantitative estimate of drug-likeness (QED) is 0.453. The van der Waals surface area contributed by atoms with Crippen molar-refractivity contribution in [2.24, 2.45) is 5.92 Å². The molecule has 11 heavy (non-hydrogen) atoms. The summed E-state index contributed by atoms with van der Waals surface area (Å²) in [4.78, 5) is 21.3. The normalized spacial score (nSPS) is 12.5. The maximum Gasteiger partial charge on any atom is 0.143 e. The van der Waals surface area contributed by atoms with Gasteiger partial charge >= 0.3 is 0 Å². The van der Waals surface area contributed by atoms with E-state index in [1.54, 1.807) is 6.92 Å². The molecule has 0 fully saturated rings. The van der Waals surface area contributed by atoms with Gasteiger partial charge in [0.05, 0.1) is 5.92 Å². The minimum Gasteiger partial charge on any atom is -0.396 e. The number of carbonyl (C=O) groups excluding carboxylic acids is 2. The Labute approximate surface area is 66.4 Å². The number of aliphatic hydroxyl groups excluding tert-OH is 1. The Bertz CT molecular complexity index is 131. The second-order valence-corrected chi connectivity index (χ2v) is 2.44. The smallest absolute Gasteiger partial charge is 0.143 e. The molecule has 3 heteroatoms. The molecular formula is C8H14O3. The van der Waals surface area contributed by atoms with Gasteiger partial charge in [-0.05, 0) is 12.8 Å². The Kier molecular flexibility index (Phi) is 5.65. The summed E-state index contributed by atoms with van der Waals surface area (Å²) in [7, 11) is 0. The van der Waals surface area contributed by atoms with E-state index in [4.69, 9.17) is 5.11 Å². The topological polar surface area (TPSA) is 54.4 Å². The van der Waals surface area contributed by atoms with Crippen molar-refractivity contribution in [1.29, 1.82) is 0 Å². The lowest BCUT2D eigenvalue weighted by Gasteiger charge is -2.03. The van der Waals surface area contributed by atoms with Crippen LogP contribution < -0.4 is 0 Å². The van der Waals surface area contributed by atoms with Crippen LogP contribution in [0.4, 0.5) is 0 Å². The number of ketones is 1. The number of rotatable bonds is 6. The fourth-order valence-electron chi connectivity index (χ4n) is 0.838. The van der Waals surface area contributed by atoms with Gasteiger partial charge in [-0.3, -0.25) is 4.79 Å². The summed E-state index contributed by atoms with van der Waals surface area (Å²) in [5, 5.41) is 8.40. The first-order valence-corrected chi connectivity index (χ1v) is 3.85. The molecule has 0 radical (unpaired) electrons. The molecule has 0 aromatic rings. The van der Waals surface area contributed by atoms with E-state index in [9.17, 15) is 9.59 Å². The third-order valence-electron chi connectivity index (χ3n) is 1.60. The first kappa shape index (κ1) is 10.3. The van der Waals surface area contributed by atoms with E-state index in [2.05, 4.69) is 0 Å². The monoisotopic (exact) mass is 158 g/mol. The predicted molar refractivity (Wildman–Crippen MR) is 41.2 cm³/mol. The van der Waals surface area contributed by atoms with Gasteiger partial charge in [-0.25, -0.2) is 0 Å². The molecule has 0 heterocycles. The minimum atomic E-state index is -0.457. The van der Waals surface area contributed by atoms with Crippen molar-refractivity contribution in [2.75, 3.05) is 6.61 Å². The van der Waals surface area contributed by atoms with Gasteiger partial charge in [0, 0.05) is 13.0 Å². The standard InChI is InChI=1S/C8H14O3/c1-2-7(6-10)8(11)4-3-5-9/h6-7,9H,2-5H2,1H3. The first-order valence-electron chi connectivity index (χ1n) is 3.85. The third-order valence-corrected chi connectivity index (χ3v) is 1.60. The maximum atomic E-state index is 11.0. The van der Waals surface area contributed by atoms with Crippen molar-refractivity contribution in [3.05, 3.63) is 0 Å². The van der Waals surface area contributed by atoms with E-state index in [0.29, 0.717) is 25.5 Å². The van der Waals surface area contributed by atoms with Crippen molar-refractivity contribution >= 4 is 12.1 Å². The van der Waals surface area contributed by atoms with Gasteiger partial charge in [0.1, 0.15) is 12.1 Å². The third kappa shape index (κ3) is 3.88. The van der Waals surface area contributed by atoms with Gasteiger partial charge in [-0.1, -0.05) is 6.92 Å². The van der Waals surface area contributed by atoms with Gasteiger partial charge in [0.25, 0.3) is 0 Å². The second-order valence-electron chi connectivity index (χ2n) is 2.44.